The maximum absolute atomic E-state index is 13.5. The fourth-order valence-electron chi connectivity index (χ4n) is 3.78. The maximum atomic E-state index is 13.5. The van der Waals surface area contributed by atoms with Gasteiger partial charge in [-0.3, -0.25) is 13.9 Å². The Morgan fingerprint density at radius 3 is 2.44 bits per heavy atom. The number of ether oxygens (including phenoxy) is 1. The van der Waals surface area contributed by atoms with Crippen LogP contribution in [0.1, 0.15) is 23.9 Å². The van der Waals surface area contributed by atoms with Crippen LogP contribution in [-0.2, 0) is 24.9 Å². The lowest BCUT2D eigenvalue weighted by Crippen LogP contribution is -2.40. The number of aryl methyl sites for hydroxylation is 3. The van der Waals surface area contributed by atoms with E-state index in [0.29, 0.717) is 31.3 Å². The van der Waals surface area contributed by atoms with Crippen LogP contribution in [0.5, 0.6) is 0 Å². The van der Waals surface area contributed by atoms with E-state index < -0.39 is 11.2 Å². The minimum Gasteiger partial charge on any atom is -0.380 e. The number of hydrogen-bond donors (Lipinski definition) is 0. The molecule has 0 N–H and O–H groups in total. The SMILES string of the molecule is CCOCCn1c(-n2nc(C)cc2C)nc2c1c(=O)n(Cc1ccc(F)cc1)c(=O)n2C. The van der Waals surface area contributed by atoms with Crippen molar-refractivity contribution < 1.29 is 9.13 Å². The van der Waals surface area contributed by atoms with E-state index in [1.165, 1.54) is 16.7 Å². The second-order valence-corrected chi connectivity index (χ2v) is 7.63. The second kappa shape index (κ2) is 8.54. The van der Waals surface area contributed by atoms with Gasteiger partial charge in [0.05, 0.1) is 18.8 Å². The second-order valence-electron chi connectivity index (χ2n) is 7.63. The molecule has 10 heteroatoms. The molecule has 9 nitrogen and oxygen atoms in total. The maximum Gasteiger partial charge on any atom is 0.332 e. The Bertz CT molecular complexity index is 1390. The van der Waals surface area contributed by atoms with E-state index in [9.17, 15) is 14.0 Å². The molecule has 0 spiro atoms. The van der Waals surface area contributed by atoms with Crippen LogP contribution in [0, 0.1) is 19.7 Å². The molecular formula is C22H25FN6O3. The van der Waals surface area contributed by atoms with Crippen molar-refractivity contribution in [2.75, 3.05) is 13.2 Å². The van der Waals surface area contributed by atoms with Gasteiger partial charge in [-0.2, -0.15) is 10.1 Å². The van der Waals surface area contributed by atoms with Gasteiger partial charge in [-0.15, -0.1) is 0 Å². The molecule has 0 radical (unpaired) electrons. The molecule has 0 atom stereocenters. The molecular weight excluding hydrogens is 415 g/mol. The van der Waals surface area contributed by atoms with Gasteiger partial charge in [-0.25, -0.2) is 13.9 Å². The Hall–Kier alpha value is -3.53. The molecule has 3 heterocycles. The van der Waals surface area contributed by atoms with E-state index in [1.54, 1.807) is 28.4 Å². The van der Waals surface area contributed by atoms with Crippen molar-refractivity contribution >= 4 is 11.2 Å². The van der Waals surface area contributed by atoms with Gasteiger partial charge in [0.25, 0.3) is 5.56 Å². The average Bonchev–Trinajstić information content (AvgIpc) is 3.30. The molecule has 0 amide bonds. The first kappa shape index (κ1) is 21.7. The van der Waals surface area contributed by atoms with Crippen molar-refractivity contribution in [2.45, 2.75) is 33.9 Å². The molecule has 0 aliphatic heterocycles. The van der Waals surface area contributed by atoms with Crippen LogP contribution < -0.4 is 11.2 Å². The highest BCUT2D eigenvalue weighted by atomic mass is 19.1. The van der Waals surface area contributed by atoms with Crippen LogP contribution >= 0.6 is 0 Å². The third kappa shape index (κ3) is 3.77. The fourth-order valence-corrected chi connectivity index (χ4v) is 3.78. The monoisotopic (exact) mass is 440 g/mol. The number of benzene rings is 1. The number of nitrogens with zero attached hydrogens (tertiary/aromatic N) is 6. The molecule has 4 aromatic rings. The largest absolute Gasteiger partial charge is 0.380 e. The van der Waals surface area contributed by atoms with Crippen LogP contribution in [0.4, 0.5) is 4.39 Å². The van der Waals surface area contributed by atoms with Crippen LogP contribution in [0.25, 0.3) is 17.1 Å². The smallest absolute Gasteiger partial charge is 0.332 e. The van der Waals surface area contributed by atoms with Gasteiger partial charge in [-0.05, 0) is 44.5 Å². The summed E-state index contributed by atoms with van der Waals surface area (Å²) in [5.41, 5.74) is 1.90. The molecule has 0 saturated carbocycles. The fraction of sp³-hybridized carbons (Fsp3) is 0.364. The summed E-state index contributed by atoms with van der Waals surface area (Å²) in [4.78, 5) is 31.1. The van der Waals surface area contributed by atoms with Gasteiger partial charge < -0.3 is 9.30 Å². The minimum absolute atomic E-state index is 0.0214. The molecule has 0 fully saturated rings. The van der Waals surface area contributed by atoms with E-state index in [2.05, 4.69) is 10.1 Å². The molecule has 168 valence electrons. The third-order valence-corrected chi connectivity index (χ3v) is 5.33. The van der Waals surface area contributed by atoms with E-state index in [0.717, 1.165) is 16.0 Å². The van der Waals surface area contributed by atoms with Crippen molar-refractivity contribution in [1.29, 1.82) is 0 Å². The topological polar surface area (TPSA) is 88.9 Å². The van der Waals surface area contributed by atoms with Crippen molar-refractivity contribution in [3.05, 3.63) is 73.9 Å². The van der Waals surface area contributed by atoms with Crippen molar-refractivity contribution in [2.24, 2.45) is 7.05 Å². The molecule has 0 aliphatic rings. The summed E-state index contributed by atoms with van der Waals surface area (Å²) < 4.78 is 24.7. The summed E-state index contributed by atoms with van der Waals surface area (Å²) >= 11 is 0. The molecule has 0 saturated heterocycles. The van der Waals surface area contributed by atoms with Crippen LogP contribution in [-0.4, -0.2) is 41.7 Å². The lowest BCUT2D eigenvalue weighted by Gasteiger charge is -2.11. The number of fused-ring (bicyclic) bond motifs is 1. The number of halogens is 1. The number of imidazole rings is 1. The molecule has 0 aliphatic carbocycles. The Balaban J connectivity index is 1.96. The summed E-state index contributed by atoms with van der Waals surface area (Å²) in [6, 6.07) is 7.63. The summed E-state index contributed by atoms with van der Waals surface area (Å²) in [7, 11) is 1.58. The summed E-state index contributed by atoms with van der Waals surface area (Å²) in [5.74, 6) is 0.0601. The Labute approximate surface area is 183 Å². The lowest BCUT2D eigenvalue weighted by atomic mass is 10.2. The van der Waals surface area contributed by atoms with Gasteiger partial charge >= 0.3 is 5.69 Å². The zero-order valence-corrected chi connectivity index (χ0v) is 18.5. The first-order valence-electron chi connectivity index (χ1n) is 10.4. The standard InChI is InChI=1S/C22H25FN6O3/c1-5-32-11-10-27-18-19(24-21(27)29-15(3)12-14(2)25-29)26(4)22(31)28(20(18)30)13-16-6-8-17(23)9-7-16/h6-9,12H,5,10-11,13H2,1-4H3. The first-order valence-corrected chi connectivity index (χ1v) is 10.4. The molecule has 0 unspecified atom stereocenters. The number of rotatable bonds is 7. The van der Waals surface area contributed by atoms with Gasteiger partial charge in [0.15, 0.2) is 11.2 Å². The molecule has 3 aromatic heterocycles. The van der Waals surface area contributed by atoms with E-state index in [1.807, 2.05) is 26.8 Å². The summed E-state index contributed by atoms with van der Waals surface area (Å²) in [5, 5.41) is 4.51. The van der Waals surface area contributed by atoms with E-state index >= 15 is 0 Å². The summed E-state index contributed by atoms with van der Waals surface area (Å²) in [6.45, 7) is 6.97. The Kier molecular flexibility index (Phi) is 5.79. The Morgan fingerprint density at radius 2 is 1.81 bits per heavy atom. The lowest BCUT2D eigenvalue weighted by molar-refractivity contribution is 0.139. The van der Waals surface area contributed by atoms with E-state index in [-0.39, 0.29) is 23.5 Å². The van der Waals surface area contributed by atoms with Crippen LogP contribution in [0.3, 0.4) is 0 Å². The van der Waals surface area contributed by atoms with Gasteiger partial charge in [-0.1, -0.05) is 12.1 Å². The highest BCUT2D eigenvalue weighted by molar-refractivity contribution is 5.72. The average molecular weight is 440 g/mol. The predicted molar refractivity (Wildman–Crippen MR) is 118 cm³/mol. The van der Waals surface area contributed by atoms with Crippen molar-refractivity contribution in [3.8, 4) is 5.95 Å². The van der Waals surface area contributed by atoms with Gasteiger partial charge in [0, 0.05) is 25.9 Å². The number of hydrogen-bond acceptors (Lipinski definition) is 5. The molecule has 1 aromatic carbocycles. The van der Waals surface area contributed by atoms with Gasteiger partial charge in [0.2, 0.25) is 5.95 Å². The zero-order valence-electron chi connectivity index (χ0n) is 18.5. The zero-order chi connectivity index (χ0) is 23.0. The van der Waals surface area contributed by atoms with Crippen LogP contribution in [0.2, 0.25) is 0 Å². The highest BCUT2D eigenvalue weighted by Crippen LogP contribution is 2.17. The molecule has 32 heavy (non-hydrogen) atoms. The van der Waals surface area contributed by atoms with Crippen molar-refractivity contribution in [1.82, 2.24) is 28.5 Å². The summed E-state index contributed by atoms with van der Waals surface area (Å²) in [6.07, 6.45) is 0. The van der Waals surface area contributed by atoms with Crippen molar-refractivity contribution in [3.63, 3.8) is 0 Å². The molecule has 0 bridgehead atoms. The van der Waals surface area contributed by atoms with Crippen LogP contribution in [0.15, 0.2) is 39.9 Å². The van der Waals surface area contributed by atoms with Gasteiger partial charge in [0.1, 0.15) is 5.82 Å². The third-order valence-electron chi connectivity index (χ3n) is 5.33. The highest BCUT2D eigenvalue weighted by Gasteiger charge is 2.22. The quantitative estimate of drug-likeness (QED) is 0.410. The normalized spacial score (nSPS) is 11.5. The Morgan fingerprint density at radius 1 is 1.09 bits per heavy atom. The molecule has 4 rings (SSSR count). The minimum atomic E-state index is -0.499. The number of aromatic nitrogens is 6. The first-order chi connectivity index (χ1) is 15.3. The van der Waals surface area contributed by atoms with E-state index in [4.69, 9.17) is 4.74 Å². The predicted octanol–water partition coefficient (Wildman–Crippen LogP) is 1.92.